The molecule has 0 unspecified atom stereocenters. The van der Waals surface area contributed by atoms with Crippen molar-refractivity contribution in [3.63, 3.8) is 0 Å². The third kappa shape index (κ3) is 5.64. The lowest BCUT2D eigenvalue weighted by atomic mass is 10.1. The van der Waals surface area contributed by atoms with E-state index < -0.39 is 11.7 Å². The Hall–Kier alpha value is -3.97. The number of hydrogen-bond acceptors (Lipinski definition) is 4. The standard InChI is InChI=1S/C25H19ClFN3O3/c26-21-9-10-22(24-20(21)8-3-11-28-24)33-15-23(31)29-14-16-4-1-7-19(12-16)30-25(32)17-5-2-6-18(27)13-17/h1-13H,14-15H2,(H,29,31)(H,30,32). The van der Waals surface area contributed by atoms with Crippen LogP contribution in [0.1, 0.15) is 15.9 Å². The Kier molecular flexibility index (Phi) is 6.80. The van der Waals surface area contributed by atoms with E-state index in [4.69, 9.17) is 16.3 Å². The van der Waals surface area contributed by atoms with Crippen molar-refractivity contribution < 1.29 is 18.7 Å². The van der Waals surface area contributed by atoms with Gasteiger partial charge in [-0.15, -0.1) is 0 Å². The number of anilines is 1. The fourth-order valence-corrected chi connectivity index (χ4v) is 3.43. The molecule has 33 heavy (non-hydrogen) atoms. The summed E-state index contributed by atoms with van der Waals surface area (Å²) in [5, 5.41) is 6.80. The van der Waals surface area contributed by atoms with E-state index in [0.717, 1.165) is 10.9 Å². The quantitative estimate of drug-likeness (QED) is 0.405. The monoisotopic (exact) mass is 463 g/mol. The molecule has 0 aliphatic rings. The molecule has 0 aliphatic carbocycles. The van der Waals surface area contributed by atoms with Gasteiger partial charge in [-0.25, -0.2) is 4.39 Å². The van der Waals surface area contributed by atoms with Crippen LogP contribution in [0.4, 0.5) is 10.1 Å². The molecule has 0 fully saturated rings. The van der Waals surface area contributed by atoms with Gasteiger partial charge >= 0.3 is 0 Å². The zero-order valence-corrected chi connectivity index (χ0v) is 18.1. The number of ether oxygens (including phenoxy) is 1. The van der Waals surface area contributed by atoms with Gasteiger partial charge in [0, 0.05) is 29.4 Å². The van der Waals surface area contributed by atoms with Crippen molar-refractivity contribution in [2.45, 2.75) is 6.54 Å². The number of aromatic nitrogens is 1. The van der Waals surface area contributed by atoms with Gasteiger partial charge in [-0.05, 0) is 60.2 Å². The van der Waals surface area contributed by atoms with Gasteiger partial charge in [-0.3, -0.25) is 14.6 Å². The van der Waals surface area contributed by atoms with Crippen LogP contribution in [0.15, 0.2) is 79.0 Å². The number of pyridine rings is 1. The lowest BCUT2D eigenvalue weighted by molar-refractivity contribution is -0.123. The molecule has 8 heteroatoms. The third-order valence-electron chi connectivity index (χ3n) is 4.80. The van der Waals surface area contributed by atoms with Crippen LogP contribution in [-0.2, 0) is 11.3 Å². The first-order valence-corrected chi connectivity index (χ1v) is 10.5. The number of carbonyl (C=O) groups excluding carboxylic acids is 2. The molecular weight excluding hydrogens is 445 g/mol. The molecule has 3 aromatic carbocycles. The molecule has 0 aliphatic heterocycles. The summed E-state index contributed by atoms with van der Waals surface area (Å²) in [6.07, 6.45) is 1.63. The van der Waals surface area contributed by atoms with Crippen molar-refractivity contribution in [2.24, 2.45) is 0 Å². The Balaban J connectivity index is 1.33. The minimum absolute atomic E-state index is 0.191. The van der Waals surface area contributed by atoms with Gasteiger partial charge < -0.3 is 15.4 Å². The maximum absolute atomic E-state index is 13.3. The van der Waals surface area contributed by atoms with Crippen LogP contribution in [0.3, 0.4) is 0 Å². The molecule has 4 aromatic rings. The summed E-state index contributed by atoms with van der Waals surface area (Å²) < 4.78 is 19.0. The predicted molar refractivity (Wildman–Crippen MR) is 125 cm³/mol. The van der Waals surface area contributed by atoms with E-state index >= 15 is 0 Å². The molecule has 1 aromatic heterocycles. The first-order valence-electron chi connectivity index (χ1n) is 10.1. The van der Waals surface area contributed by atoms with Crippen LogP contribution in [-0.4, -0.2) is 23.4 Å². The van der Waals surface area contributed by atoms with E-state index in [1.165, 1.54) is 24.3 Å². The number of nitrogens with one attached hydrogen (secondary N) is 2. The molecule has 6 nitrogen and oxygen atoms in total. The molecule has 0 spiro atoms. The first-order chi connectivity index (χ1) is 16.0. The zero-order valence-electron chi connectivity index (χ0n) is 17.3. The first kappa shape index (κ1) is 22.2. The fraction of sp³-hybridized carbons (Fsp3) is 0.0800. The number of nitrogens with zero attached hydrogens (tertiary/aromatic N) is 1. The number of carbonyl (C=O) groups is 2. The van der Waals surface area contributed by atoms with Crippen molar-refractivity contribution in [3.8, 4) is 5.75 Å². The van der Waals surface area contributed by atoms with Crippen LogP contribution in [0.2, 0.25) is 5.02 Å². The normalized spacial score (nSPS) is 10.6. The molecule has 1 heterocycles. The van der Waals surface area contributed by atoms with Crippen molar-refractivity contribution in [2.75, 3.05) is 11.9 Å². The molecule has 4 rings (SSSR count). The Morgan fingerprint density at radius 3 is 2.70 bits per heavy atom. The van der Waals surface area contributed by atoms with Gasteiger partial charge in [0.2, 0.25) is 0 Å². The number of halogens is 2. The lowest BCUT2D eigenvalue weighted by Crippen LogP contribution is -2.28. The highest BCUT2D eigenvalue weighted by molar-refractivity contribution is 6.35. The van der Waals surface area contributed by atoms with Gasteiger partial charge in [-0.1, -0.05) is 29.8 Å². The van der Waals surface area contributed by atoms with Gasteiger partial charge in [0.25, 0.3) is 11.8 Å². The zero-order chi connectivity index (χ0) is 23.2. The highest BCUT2D eigenvalue weighted by Gasteiger charge is 2.10. The fourth-order valence-electron chi connectivity index (χ4n) is 3.22. The minimum Gasteiger partial charge on any atom is -0.481 e. The van der Waals surface area contributed by atoms with Crippen molar-refractivity contribution in [1.82, 2.24) is 10.3 Å². The van der Waals surface area contributed by atoms with Crippen LogP contribution in [0.25, 0.3) is 10.9 Å². The number of amides is 2. The van der Waals surface area contributed by atoms with E-state index in [0.29, 0.717) is 22.0 Å². The van der Waals surface area contributed by atoms with Crippen molar-refractivity contribution >= 4 is 40.0 Å². The molecule has 0 saturated carbocycles. The maximum atomic E-state index is 13.3. The number of benzene rings is 3. The van der Waals surface area contributed by atoms with Crippen LogP contribution < -0.4 is 15.4 Å². The third-order valence-corrected chi connectivity index (χ3v) is 5.13. The van der Waals surface area contributed by atoms with Gasteiger partial charge in [0.15, 0.2) is 6.61 Å². The summed E-state index contributed by atoms with van der Waals surface area (Å²) in [6.45, 7) is 0.0504. The molecule has 166 valence electrons. The molecule has 0 atom stereocenters. The molecule has 0 radical (unpaired) electrons. The van der Waals surface area contributed by atoms with Crippen LogP contribution in [0.5, 0.6) is 5.75 Å². The summed E-state index contributed by atoms with van der Waals surface area (Å²) >= 11 is 6.18. The average Bonchev–Trinajstić information content (AvgIpc) is 2.83. The second kappa shape index (κ2) is 10.1. The predicted octanol–water partition coefficient (Wildman–Crippen LogP) is 4.97. The average molecular weight is 464 g/mol. The number of fused-ring (bicyclic) bond motifs is 1. The number of rotatable bonds is 7. The number of hydrogen-bond donors (Lipinski definition) is 2. The summed E-state index contributed by atoms with van der Waals surface area (Å²) in [4.78, 5) is 28.9. The van der Waals surface area contributed by atoms with Gasteiger partial charge in [-0.2, -0.15) is 0 Å². The van der Waals surface area contributed by atoms with E-state index in [-0.39, 0.29) is 24.6 Å². The summed E-state index contributed by atoms with van der Waals surface area (Å²) in [6, 6.07) is 19.4. The summed E-state index contributed by atoms with van der Waals surface area (Å²) in [5.41, 5.74) is 2.11. The highest BCUT2D eigenvalue weighted by atomic mass is 35.5. The summed E-state index contributed by atoms with van der Waals surface area (Å²) in [5.74, 6) is -0.757. The molecule has 2 amide bonds. The van der Waals surface area contributed by atoms with Crippen molar-refractivity contribution in [1.29, 1.82) is 0 Å². The SMILES string of the molecule is O=C(COc1ccc(Cl)c2cccnc12)NCc1cccc(NC(=O)c2cccc(F)c2)c1. The van der Waals surface area contributed by atoms with Crippen molar-refractivity contribution in [3.05, 3.63) is 101 Å². The topological polar surface area (TPSA) is 80.3 Å². The molecule has 0 bridgehead atoms. The van der Waals surface area contributed by atoms with E-state index in [9.17, 15) is 14.0 Å². The Morgan fingerprint density at radius 2 is 1.85 bits per heavy atom. The lowest BCUT2D eigenvalue weighted by Gasteiger charge is -2.11. The maximum Gasteiger partial charge on any atom is 0.258 e. The smallest absolute Gasteiger partial charge is 0.258 e. The van der Waals surface area contributed by atoms with Crippen LogP contribution >= 0.6 is 11.6 Å². The summed E-state index contributed by atoms with van der Waals surface area (Å²) in [7, 11) is 0. The minimum atomic E-state index is -0.483. The van der Waals surface area contributed by atoms with Gasteiger partial charge in [0.1, 0.15) is 17.1 Å². The molecule has 2 N–H and O–H groups in total. The van der Waals surface area contributed by atoms with E-state index in [1.807, 2.05) is 12.1 Å². The largest absolute Gasteiger partial charge is 0.481 e. The Morgan fingerprint density at radius 1 is 1.00 bits per heavy atom. The Bertz CT molecular complexity index is 1330. The second-order valence-electron chi connectivity index (χ2n) is 7.18. The Labute approximate surface area is 194 Å². The van der Waals surface area contributed by atoms with Crippen LogP contribution in [0, 0.1) is 5.82 Å². The molecule has 0 saturated heterocycles. The molecular formula is C25H19ClFN3O3. The highest BCUT2D eigenvalue weighted by Crippen LogP contribution is 2.29. The second-order valence-corrected chi connectivity index (χ2v) is 7.58. The van der Waals surface area contributed by atoms with Gasteiger partial charge in [0.05, 0.1) is 5.02 Å². The van der Waals surface area contributed by atoms with E-state index in [1.54, 1.807) is 42.6 Å². The van der Waals surface area contributed by atoms with E-state index in [2.05, 4.69) is 15.6 Å².